The van der Waals surface area contributed by atoms with E-state index in [1.807, 2.05) is 5.32 Å². The summed E-state index contributed by atoms with van der Waals surface area (Å²) in [5.74, 6) is -2.42. The van der Waals surface area contributed by atoms with Crippen LogP contribution in [0.5, 0.6) is 11.8 Å². The second kappa shape index (κ2) is 9.58. The first kappa shape index (κ1) is 25.8. The molecule has 0 saturated carbocycles. The van der Waals surface area contributed by atoms with E-state index in [2.05, 4.69) is 24.8 Å². The van der Waals surface area contributed by atoms with E-state index in [-0.39, 0.29) is 5.69 Å². The molecular weight excluding hydrogens is 479 g/mol. The van der Waals surface area contributed by atoms with Gasteiger partial charge in [0.15, 0.2) is 13.2 Å². The van der Waals surface area contributed by atoms with Gasteiger partial charge in [-0.3, -0.25) is 5.32 Å². The van der Waals surface area contributed by atoms with Gasteiger partial charge in [-0.25, -0.2) is 4.79 Å². The maximum absolute atomic E-state index is 12.6. The highest BCUT2D eigenvalue weighted by molar-refractivity contribution is 5.98. The number of benzene rings is 1. The van der Waals surface area contributed by atoms with Crippen LogP contribution >= 0.6 is 0 Å². The van der Waals surface area contributed by atoms with Gasteiger partial charge in [0, 0.05) is 5.69 Å². The van der Waals surface area contributed by atoms with Crippen LogP contribution in [0, 0.1) is 6.92 Å². The maximum atomic E-state index is 12.6. The molecule has 0 unspecified atom stereocenters. The average molecular weight is 492 g/mol. The van der Waals surface area contributed by atoms with Crippen LogP contribution in [0.2, 0.25) is 0 Å². The minimum absolute atomic E-state index is 0.116. The van der Waals surface area contributed by atoms with Gasteiger partial charge in [-0.05, 0) is 31.2 Å². The summed E-state index contributed by atoms with van der Waals surface area (Å²) < 4.78 is 121. The molecular formula is C17H13F9N4O3. The summed E-state index contributed by atoms with van der Waals surface area (Å²) in [4.78, 5) is 19.0. The zero-order valence-electron chi connectivity index (χ0n) is 16.2. The second-order valence-corrected chi connectivity index (χ2v) is 6.24. The lowest BCUT2D eigenvalue weighted by Crippen LogP contribution is -2.24. The Morgan fingerprint density at radius 3 is 1.67 bits per heavy atom. The number of nitrogens with one attached hydrogen (secondary N) is 2. The largest absolute Gasteiger partial charge is 0.468 e. The van der Waals surface area contributed by atoms with E-state index >= 15 is 0 Å². The van der Waals surface area contributed by atoms with Gasteiger partial charge in [0.25, 0.3) is 0 Å². The first-order valence-electron chi connectivity index (χ1n) is 8.56. The van der Waals surface area contributed by atoms with E-state index < -0.39 is 66.6 Å². The number of rotatable bonds is 6. The van der Waals surface area contributed by atoms with Gasteiger partial charge < -0.3 is 14.8 Å². The number of ether oxygens (including phenoxy) is 2. The predicted molar refractivity (Wildman–Crippen MR) is 94.0 cm³/mol. The number of hydrogen-bond donors (Lipinski definition) is 2. The summed E-state index contributed by atoms with van der Waals surface area (Å²) in [6.45, 7) is -2.66. The highest BCUT2D eigenvalue weighted by Crippen LogP contribution is 2.31. The summed E-state index contributed by atoms with van der Waals surface area (Å²) in [7, 11) is 0. The van der Waals surface area contributed by atoms with Crippen molar-refractivity contribution in [3.63, 3.8) is 0 Å². The molecule has 2 N–H and O–H groups in total. The Morgan fingerprint density at radius 1 is 0.818 bits per heavy atom. The first-order chi connectivity index (χ1) is 15.0. The summed E-state index contributed by atoms with van der Waals surface area (Å²) in [6.07, 6.45) is -14.2. The molecule has 1 aromatic heterocycles. The molecule has 2 rings (SSSR count). The molecule has 1 heterocycles. The van der Waals surface area contributed by atoms with Crippen molar-refractivity contribution < 1.29 is 53.8 Å². The fraction of sp³-hybridized carbons (Fsp3) is 0.353. The minimum atomic E-state index is -4.81. The molecule has 0 spiro atoms. The highest BCUT2D eigenvalue weighted by atomic mass is 19.4. The number of halogens is 9. The Balaban J connectivity index is 2.21. The molecule has 33 heavy (non-hydrogen) atoms. The number of carbonyl (C=O) groups is 1. The topological polar surface area (TPSA) is 85.4 Å². The zero-order chi connectivity index (χ0) is 25.0. The summed E-state index contributed by atoms with van der Waals surface area (Å²) in [5, 5.41) is 4.02. The van der Waals surface area contributed by atoms with Gasteiger partial charge in [0.05, 0.1) is 11.1 Å². The highest BCUT2D eigenvalue weighted by Gasteiger charge is 2.32. The van der Waals surface area contributed by atoms with Gasteiger partial charge in [0.2, 0.25) is 17.7 Å². The van der Waals surface area contributed by atoms with Crippen molar-refractivity contribution in [2.75, 3.05) is 23.8 Å². The Labute approximate surface area is 178 Å². The van der Waals surface area contributed by atoms with Crippen LogP contribution in [0.1, 0.15) is 11.1 Å². The normalized spacial score (nSPS) is 12.3. The van der Waals surface area contributed by atoms with Crippen LogP contribution in [0.25, 0.3) is 0 Å². The monoisotopic (exact) mass is 492 g/mol. The molecule has 0 bridgehead atoms. The van der Waals surface area contributed by atoms with Gasteiger partial charge >= 0.3 is 24.6 Å². The quantitative estimate of drug-likeness (QED) is 0.533. The number of hydrogen-bond acceptors (Lipinski definition) is 5. The molecule has 1 aromatic carbocycles. The van der Waals surface area contributed by atoms with E-state index in [1.165, 1.54) is 0 Å². The van der Waals surface area contributed by atoms with E-state index in [4.69, 9.17) is 0 Å². The average Bonchev–Trinajstić information content (AvgIpc) is 2.65. The lowest BCUT2D eigenvalue weighted by molar-refractivity contribution is -0.154. The van der Waals surface area contributed by atoms with Crippen LogP contribution in [-0.4, -0.2) is 41.6 Å². The van der Waals surface area contributed by atoms with Gasteiger partial charge in [-0.2, -0.15) is 49.5 Å². The lowest BCUT2D eigenvalue weighted by Gasteiger charge is -2.16. The number of anilines is 2. The SMILES string of the molecule is Cc1c(OCC(F)(F)F)nc(NC(=O)Nc2ccc(C(F)(F)F)cc2)nc1OCC(F)(F)F. The van der Waals surface area contributed by atoms with Crippen molar-refractivity contribution in [1.29, 1.82) is 0 Å². The molecule has 16 heteroatoms. The second-order valence-electron chi connectivity index (χ2n) is 6.24. The number of urea groups is 1. The van der Waals surface area contributed by atoms with E-state index in [0.29, 0.717) is 12.1 Å². The van der Waals surface area contributed by atoms with E-state index in [0.717, 1.165) is 19.1 Å². The van der Waals surface area contributed by atoms with E-state index in [9.17, 15) is 44.3 Å². The molecule has 0 aliphatic carbocycles. The first-order valence-corrected chi connectivity index (χ1v) is 8.56. The molecule has 0 aliphatic heterocycles. The fourth-order valence-electron chi connectivity index (χ4n) is 2.12. The van der Waals surface area contributed by atoms with Crippen LogP contribution in [0.4, 0.5) is 55.9 Å². The number of amides is 2. The summed E-state index contributed by atoms with van der Waals surface area (Å²) in [5.41, 5.74) is -1.51. The van der Waals surface area contributed by atoms with E-state index in [1.54, 1.807) is 0 Å². The zero-order valence-corrected chi connectivity index (χ0v) is 16.2. The van der Waals surface area contributed by atoms with Crippen molar-refractivity contribution >= 4 is 17.7 Å². The third-order valence-corrected chi connectivity index (χ3v) is 3.50. The predicted octanol–water partition coefficient (Wildman–Crippen LogP) is 5.33. The summed E-state index contributed by atoms with van der Waals surface area (Å²) >= 11 is 0. The van der Waals surface area contributed by atoms with Crippen LogP contribution in [0.3, 0.4) is 0 Å². The molecule has 2 amide bonds. The molecule has 2 aromatic rings. The Hall–Kier alpha value is -3.46. The maximum Gasteiger partial charge on any atom is 0.422 e. The van der Waals surface area contributed by atoms with Crippen LogP contribution in [-0.2, 0) is 6.18 Å². The molecule has 7 nitrogen and oxygen atoms in total. The van der Waals surface area contributed by atoms with Crippen molar-refractivity contribution in [3.8, 4) is 11.8 Å². The Morgan fingerprint density at radius 2 is 1.27 bits per heavy atom. The molecule has 0 radical (unpaired) electrons. The molecule has 0 saturated heterocycles. The third-order valence-electron chi connectivity index (χ3n) is 3.50. The molecule has 0 fully saturated rings. The number of alkyl halides is 9. The fourth-order valence-corrected chi connectivity index (χ4v) is 2.12. The lowest BCUT2D eigenvalue weighted by atomic mass is 10.2. The van der Waals surface area contributed by atoms with Crippen LogP contribution in [0.15, 0.2) is 24.3 Å². The van der Waals surface area contributed by atoms with Crippen molar-refractivity contribution in [2.45, 2.75) is 25.5 Å². The Kier molecular flexibility index (Phi) is 7.49. The number of nitrogens with zero attached hydrogens (tertiary/aromatic N) is 2. The standard InChI is InChI=1S/C17H13F9N4O3/c1-8-11(32-6-15(18,19)20)28-13(29-12(8)33-7-16(21,22)23)30-14(31)27-10-4-2-9(3-5-10)17(24,25)26/h2-5H,6-7H2,1H3,(H2,27,28,29,30,31). The van der Waals surface area contributed by atoms with Crippen molar-refractivity contribution in [1.82, 2.24) is 9.97 Å². The molecule has 0 atom stereocenters. The smallest absolute Gasteiger partial charge is 0.422 e. The molecule has 182 valence electrons. The van der Waals surface area contributed by atoms with Crippen LogP contribution < -0.4 is 20.1 Å². The summed E-state index contributed by atoms with van der Waals surface area (Å²) in [6, 6.07) is 2.00. The van der Waals surface area contributed by atoms with Crippen molar-refractivity contribution in [2.24, 2.45) is 0 Å². The molecule has 0 aliphatic rings. The van der Waals surface area contributed by atoms with Crippen molar-refractivity contribution in [3.05, 3.63) is 35.4 Å². The number of carbonyl (C=O) groups excluding carboxylic acids is 1. The number of aromatic nitrogens is 2. The van der Waals surface area contributed by atoms with Gasteiger partial charge in [-0.15, -0.1) is 0 Å². The van der Waals surface area contributed by atoms with Gasteiger partial charge in [-0.1, -0.05) is 0 Å². The van der Waals surface area contributed by atoms with Gasteiger partial charge in [0.1, 0.15) is 0 Å². The third kappa shape index (κ3) is 8.53. The Bertz CT molecular complexity index is 935. The minimum Gasteiger partial charge on any atom is -0.468 e.